The molecule has 1 aliphatic rings. The Bertz CT molecular complexity index is 841. The molecule has 1 aromatic carbocycles. The van der Waals surface area contributed by atoms with Gasteiger partial charge in [-0.05, 0) is 24.0 Å². The number of aliphatic hydroxyl groups excluding tert-OH is 1. The van der Waals surface area contributed by atoms with Crippen LogP contribution in [0.15, 0.2) is 30.6 Å². The predicted molar refractivity (Wildman–Crippen MR) is 110 cm³/mol. The number of rotatable bonds is 6. The molecule has 0 unspecified atom stereocenters. The molecular weight excluding hydrogens is 370 g/mol. The number of ether oxygens (including phenoxy) is 1. The number of amides is 1. The van der Waals surface area contributed by atoms with Crippen molar-refractivity contribution < 1.29 is 14.6 Å². The molecule has 1 aliphatic heterocycles. The maximum absolute atomic E-state index is 12.7. The van der Waals surface area contributed by atoms with E-state index in [2.05, 4.69) is 15.3 Å². The topological polar surface area (TPSA) is 114 Å². The number of benzene rings is 1. The van der Waals surface area contributed by atoms with Crippen molar-refractivity contribution in [1.29, 1.82) is 0 Å². The van der Waals surface area contributed by atoms with Crippen molar-refractivity contribution in [3.63, 3.8) is 0 Å². The van der Waals surface area contributed by atoms with E-state index in [0.717, 1.165) is 16.8 Å². The van der Waals surface area contributed by atoms with Crippen LogP contribution in [0.5, 0.6) is 5.75 Å². The summed E-state index contributed by atoms with van der Waals surface area (Å²) in [6.45, 7) is 4.57. The number of aliphatic hydroxyl groups is 1. The van der Waals surface area contributed by atoms with Crippen molar-refractivity contribution in [2.24, 2.45) is 11.7 Å². The van der Waals surface area contributed by atoms with Gasteiger partial charge in [-0.25, -0.2) is 9.97 Å². The van der Waals surface area contributed by atoms with E-state index in [4.69, 9.17) is 10.5 Å². The number of fused-ring (bicyclic) bond motifs is 1. The van der Waals surface area contributed by atoms with Gasteiger partial charge < -0.3 is 25.8 Å². The van der Waals surface area contributed by atoms with Crippen LogP contribution >= 0.6 is 0 Å². The number of carbonyl (C=O) groups is 1. The third kappa shape index (κ3) is 4.83. The quantitative estimate of drug-likeness (QED) is 0.664. The van der Waals surface area contributed by atoms with Gasteiger partial charge in [0.25, 0.3) is 0 Å². The monoisotopic (exact) mass is 399 g/mol. The molecule has 0 fully saturated rings. The van der Waals surface area contributed by atoms with E-state index >= 15 is 0 Å². The lowest BCUT2D eigenvalue weighted by molar-refractivity contribution is -0.124. The molecule has 0 saturated heterocycles. The van der Waals surface area contributed by atoms with Crippen LogP contribution < -0.4 is 20.7 Å². The Labute approximate surface area is 171 Å². The second-order valence-corrected chi connectivity index (χ2v) is 7.68. The van der Waals surface area contributed by atoms with E-state index in [-0.39, 0.29) is 30.5 Å². The fourth-order valence-electron chi connectivity index (χ4n) is 3.65. The zero-order valence-corrected chi connectivity index (χ0v) is 17.1. The average molecular weight is 399 g/mol. The van der Waals surface area contributed by atoms with Gasteiger partial charge in [-0.2, -0.15) is 0 Å². The van der Waals surface area contributed by atoms with Crippen molar-refractivity contribution in [3.05, 3.63) is 47.5 Å². The van der Waals surface area contributed by atoms with E-state index in [0.29, 0.717) is 31.1 Å². The summed E-state index contributed by atoms with van der Waals surface area (Å²) in [6, 6.07) is 5.21. The summed E-state index contributed by atoms with van der Waals surface area (Å²) in [6.07, 6.45) is 3.97. The van der Waals surface area contributed by atoms with Crippen molar-refractivity contribution in [2.75, 3.05) is 18.6 Å². The van der Waals surface area contributed by atoms with Crippen LogP contribution in [0.3, 0.4) is 0 Å². The van der Waals surface area contributed by atoms with Gasteiger partial charge in [0, 0.05) is 36.8 Å². The third-order valence-electron chi connectivity index (χ3n) is 5.13. The Kier molecular flexibility index (Phi) is 6.66. The minimum absolute atomic E-state index is 0.0735. The minimum Gasteiger partial charge on any atom is -0.489 e. The summed E-state index contributed by atoms with van der Waals surface area (Å²) in [4.78, 5) is 23.1. The van der Waals surface area contributed by atoms with Gasteiger partial charge in [-0.3, -0.25) is 4.79 Å². The van der Waals surface area contributed by atoms with E-state index in [1.165, 1.54) is 0 Å². The molecule has 8 heteroatoms. The molecule has 29 heavy (non-hydrogen) atoms. The summed E-state index contributed by atoms with van der Waals surface area (Å²) >= 11 is 0. The highest BCUT2D eigenvalue weighted by Gasteiger charge is 2.32. The minimum atomic E-state index is -0.337. The maximum atomic E-state index is 12.7. The van der Waals surface area contributed by atoms with Gasteiger partial charge in [0.1, 0.15) is 24.2 Å². The lowest BCUT2D eigenvalue weighted by atomic mass is 9.95. The Morgan fingerprint density at radius 1 is 1.34 bits per heavy atom. The molecule has 0 spiro atoms. The van der Waals surface area contributed by atoms with Crippen molar-refractivity contribution in [2.45, 2.75) is 45.5 Å². The van der Waals surface area contributed by atoms with Crippen LogP contribution in [0.25, 0.3) is 0 Å². The summed E-state index contributed by atoms with van der Waals surface area (Å²) in [7, 11) is 1.92. The van der Waals surface area contributed by atoms with E-state index in [1.807, 2.05) is 44.0 Å². The zero-order valence-electron chi connectivity index (χ0n) is 17.1. The molecule has 2 heterocycles. The summed E-state index contributed by atoms with van der Waals surface area (Å²) in [5.41, 5.74) is 8.36. The number of nitrogens with two attached hydrogens (primary N) is 1. The average Bonchev–Trinajstić information content (AvgIpc) is 2.71. The molecule has 4 N–H and O–H groups in total. The van der Waals surface area contributed by atoms with Crippen LogP contribution in [-0.2, 0) is 24.4 Å². The van der Waals surface area contributed by atoms with Crippen LogP contribution in [0.2, 0.25) is 0 Å². The van der Waals surface area contributed by atoms with Crippen molar-refractivity contribution in [1.82, 2.24) is 15.3 Å². The number of nitrogens with zero attached hydrogens (tertiary/aromatic N) is 3. The van der Waals surface area contributed by atoms with Crippen LogP contribution in [0.1, 0.15) is 30.8 Å². The number of hydrogen-bond donors (Lipinski definition) is 3. The molecule has 0 aliphatic carbocycles. The molecule has 1 aromatic heterocycles. The second kappa shape index (κ2) is 9.19. The third-order valence-corrected chi connectivity index (χ3v) is 5.13. The number of nitrogens with one attached hydrogen (secondary N) is 1. The molecule has 0 bridgehead atoms. The Balaban J connectivity index is 1.85. The van der Waals surface area contributed by atoms with Crippen molar-refractivity contribution in [3.8, 4) is 5.75 Å². The predicted octanol–water partition coefficient (Wildman–Crippen LogP) is 1.01. The highest BCUT2D eigenvalue weighted by atomic mass is 16.5. The Morgan fingerprint density at radius 3 is 2.69 bits per heavy atom. The van der Waals surface area contributed by atoms with E-state index in [9.17, 15) is 9.90 Å². The first kappa shape index (κ1) is 21.0. The molecule has 8 nitrogen and oxygen atoms in total. The van der Waals surface area contributed by atoms with Crippen LogP contribution in [-0.4, -0.2) is 46.7 Å². The highest BCUT2D eigenvalue weighted by Crippen LogP contribution is 2.31. The molecule has 0 radical (unpaired) electrons. The first-order valence-electron chi connectivity index (χ1n) is 9.82. The van der Waals surface area contributed by atoms with Gasteiger partial charge >= 0.3 is 0 Å². The maximum Gasteiger partial charge on any atom is 0.243 e. The molecule has 3 rings (SSSR count). The lowest BCUT2D eigenvalue weighted by Crippen LogP contribution is -2.54. The van der Waals surface area contributed by atoms with Crippen LogP contribution in [0, 0.1) is 5.92 Å². The molecule has 156 valence electrons. The first-order chi connectivity index (χ1) is 13.9. The van der Waals surface area contributed by atoms with E-state index in [1.54, 1.807) is 12.4 Å². The molecule has 2 aromatic rings. The standard InChI is InChI=1S/C21H29N5O3/c1-13(2)20-21(28)25-16(11-27)6-15-4-5-17(7-18(15)26(20)3)29-12-14-9-23-19(8-22)24-10-14/h4-5,7,9-10,13,16,20,27H,6,8,11-12,22H2,1-3H3,(H,25,28)/t16-,20-/m0/s1. The first-order valence-corrected chi connectivity index (χ1v) is 9.82. The SMILES string of the molecule is CC(C)[C@H]1C(=O)N[C@H](CO)Cc2ccc(OCc3cnc(CN)nc3)cc2N1C. The molecule has 2 atom stereocenters. The summed E-state index contributed by atoms with van der Waals surface area (Å²) < 4.78 is 5.94. The fraction of sp³-hybridized carbons (Fsp3) is 0.476. The Hall–Kier alpha value is -2.71. The van der Waals surface area contributed by atoms with Gasteiger partial charge in [0.15, 0.2) is 0 Å². The smallest absolute Gasteiger partial charge is 0.243 e. The van der Waals surface area contributed by atoms with E-state index < -0.39 is 0 Å². The van der Waals surface area contributed by atoms with Gasteiger partial charge in [0.05, 0.1) is 19.2 Å². The fourth-order valence-corrected chi connectivity index (χ4v) is 3.65. The number of carbonyl (C=O) groups excluding carboxylic acids is 1. The lowest BCUT2D eigenvalue weighted by Gasteiger charge is -2.37. The Morgan fingerprint density at radius 2 is 2.07 bits per heavy atom. The summed E-state index contributed by atoms with van der Waals surface area (Å²) in [5, 5.41) is 12.6. The summed E-state index contributed by atoms with van der Waals surface area (Å²) in [5.74, 6) is 1.32. The molecular formula is C21H29N5O3. The van der Waals surface area contributed by atoms with Gasteiger partial charge in [-0.15, -0.1) is 0 Å². The largest absolute Gasteiger partial charge is 0.489 e. The zero-order chi connectivity index (χ0) is 21.0. The number of aromatic nitrogens is 2. The van der Waals surface area contributed by atoms with Gasteiger partial charge in [0.2, 0.25) is 5.91 Å². The van der Waals surface area contributed by atoms with Crippen molar-refractivity contribution >= 4 is 11.6 Å². The number of hydrogen-bond acceptors (Lipinski definition) is 7. The second-order valence-electron chi connectivity index (χ2n) is 7.68. The highest BCUT2D eigenvalue weighted by molar-refractivity contribution is 5.86. The molecule has 1 amide bonds. The van der Waals surface area contributed by atoms with Crippen LogP contribution in [0.4, 0.5) is 5.69 Å². The van der Waals surface area contributed by atoms with Gasteiger partial charge in [-0.1, -0.05) is 19.9 Å². The molecule has 0 saturated carbocycles. The number of likely N-dealkylation sites (N-methyl/N-ethyl adjacent to an activating group) is 1. The normalized spacial score (nSPS) is 19.4. The number of anilines is 1.